The van der Waals surface area contributed by atoms with Gasteiger partial charge in [0.1, 0.15) is 6.10 Å². The Morgan fingerprint density at radius 3 is 2.54 bits per heavy atom. The number of rotatable bonds is 7. The molecule has 0 bridgehead atoms. The predicted molar refractivity (Wildman–Crippen MR) is 115 cm³/mol. The van der Waals surface area contributed by atoms with Gasteiger partial charge in [-0.3, -0.25) is 4.79 Å². The Morgan fingerprint density at radius 1 is 1.07 bits per heavy atom. The van der Waals surface area contributed by atoms with Gasteiger partial charge in [-0.15, -0.1) is 11.3 Å². The topological polar surface area (TPSA) is 50.7 Å². The normalized spacial score (nSPS) is 15.8. The van der Waals surface area contributed by atoms with Gasteiger partial charge in [-0.25, -0.2) is 0 Å². The van der Waals surface area contributed by atoms with Crippen molar-refractivity contribution >= 4 is 45.8 Å². The van der Waals surface area contributed by atoms with E-state index in [0.717, 1.165) is 22.6 Å². The van der Waals surface area contributed by atoms with Gasteiger partial charge in [-0.2, -0.15) is 0 Å². The van der Waals surface area contributed by atoms with Crippen LogP contribution in [0.15, 0.2) is 71.9 Å². The van der Waals surface area contributed by atoms with E-state index < -0.39 is 0 Å². The second-order valence-corrected chi connectivity index (χ2v) is 8.32. The van der Waals surface area contributed by atoms with E-state index in [1.807, 2.05) is 54.6 Å². The van der Waals surface area contributed by atoms with Gasteiger partial charge < -0.3 is 10.2 Å². The molecule has 0 spiro atoms. The predicted octanol–water partition coefficient (Wildman–Crippen LogP) is 6.30. The molecule has 2 heterocycles. The number of thiophene rings is 1. The van der Waals surface area contributed by atoms with Crippen LogP contribution in [0.3, 0.4) is 0 Å². The quantitative estimate of drug-likeness (QED) is 0.465. The molecular formula is C22H19ClN2O2S. The summed E-state index contributed by atoms with van der Waals surface area (Å²) >= 11 is 7.21. The van der Waals surface area contributed by atoms with E-state index in [4.69, 9.17) is 16.4 Å². The van der Waals surface area contributed by atoms with Crippen LogP contribution in [0.2, 0.25) is 4.34 Å². The fourth-order valence-corrected chi connectivity index (χ4v) is 4.08. The van der Waals surface area contributed by atoms with Crippen molar-refractivity contribution in [3.05, 3.63) is 81.5 Å². The van der Waals surface area contributed by atoms with Gasteiger partial charge >= 0.3 is 0 Å². The lowest BCUT2D eigenvalue weighted by atomic mass is 10.0. The number of halogens is 1. The van der Waals surface area contributed by atoms with Crippen molar-refractivity contribution in [2.45, 2.75) is 25.4 Å². The number of benzene rings is 2. The summed E-state index contributed by atoms with van der Waals surface area (Å²) in [4.78, 5) is 18.4. The zero-order valence-electron chi connectivity index (χ0n) is 15.1. The third kappa shape index (κ3) is 4.61. The Bertz CT molecular complexity index is 983. The largest absolute Gasteiger partial charge is 0.392 e. The molecule has 1 aliphatic rings. The minimum atomic E-state index is -0.0588. The molecule has 1 aromatic heterocycles. The minimum Gasteiger partial charge on any atom is -0.392 e. The number of oxime groups is 1. The van der Waals surface area contributed by atoms with Crippen LogP contribution >= 0.6 is 22.9 Å². The molecule has 0 saturated heterocycles. The number of carbonyl (C=O) groups is 1. The lowest BCUT2D eigenvalue weighted by Crippen LogP contribution is -2.11. The highest BCUT2D eigenvalue weighted by Gasteiger charge is 2.23. The summed E-state index contributed by atoms with van der Waals surface area (Å²) in [5.41, 5.74) is 4.03. The van der Waals surface area contributed by atoms with Crippen molar-refractivity contribution in [2.24, 2.45) is 5.16 Å². The molecule has 0 fully saturated rings. The Morgan fingerprint density at radius 2 is 1.82 bits per heavy atom. The van der Waals surface area contributed by atoms with Crippen molar-refractivity contribution in [3.8, 4) is 0 Å². The van der Waals surface area contributed by atoms with Gasteiger partial charge in [0.05, 0.1) is 14.9 Å². The van der Waals surface area contributed by atoms with Gasteiger partial charge in [-0.05, 0) is 48.4 Å². The number of Topliss-reactive ketones (excluding diaryl/α,β-unsaturated/α-hetero) is 1. The summed E-state index contributed by atoms with van der Waals surface area (Å²) in [6, 6.07) is 21.7. The van der Waals surface area contributed by atoms with Crippen LogP contribution in [-0.4, -0.2) is 17.6 Å². The van der Waals surface area contributed by atoms with Crippen LogP contribution in [0, 0.1) is 0 Å². The first-order valence-electron chi connectivity index (χ1n) is 9.11. The lowest BCUT2D eigenvalue weighted by Gasteiger charge is -2.08. The number of carbonyl (C=O) groups excluding carboxylic acids is 1. The molecule has 2 aromatic carbocycles. The summed E-state index contributed by atoms with van der Waals surface area (Å²) in [5.74, 6) is 0.102. The maximum atomic E-state index is 12.2. The first-order valence-corrected chi connectivity index (χ1v) is 10.3. The van der Waals surface area contributed by atoms with Crippen LogP contribution < -0.4 is 5.32 Å². The first-order chi connectivity index (χ1) is 13.7. The summed E-state index contributed by atoms with van der Waals surface area (Å²) in [5, 5.41) is 7.59. The Balaban J connectivity index is 1.29. The molecule has 142 valence electrons. The Kier molecular flexibility index (Phi) is 5.74. The van der Waals surface area contributed by atoms with E-state index in [1.165, 1.54) is 11.3 Å². The SMILES string of the molecule is O=C(CCC1CC(c2ccc(Nc3ccccc3)cc2)=NO1)c1ccc(Cl)s1. The number of ketones is 1. The van der Waals surface area contributed by atoms with E-state index in [1.54, 1.807) is 12.1 Å². The highest BCUT2D eigenvalue weighted by Crippen LogP contribution is 2.26. The minimum absolute atomic E-state index is 0.0588. The number of anilines is 2. The molecule has 0 radical (unpaired) electrons. The highest BCUT2D eigenvalue weighted by atomic mass is 35.5. The molecule has 1 N–H and O–H groups in total. The fourth-order valence-electron chi connectivity index (χ4n) is 3.07. The number of nitrogens with one attached hydrogen (secondary N) is 1. The van der Waals surface area contributed by atoms with Gasteiger partial charge in [0.15, 0.2) is 5.78 Å². The third-order valence-electron chi connectivity index (χ3n) is 4.55. The molecule has 0 aliphatic carbocycles. The number of para-hydroxylation sites is 1. The lowest BCUT2D eigenvalue weighted by molar-refractivity contribution is 0.0720. The molecule has 4 rings (SSSR count). The van der Waals surface area contributed by atoms with Crippen LogP contribution in [0.5, 0.6) is 0 Å². The van der Waals surface area contributed by atoms with Gasteiger partial charge in [-0.1, -0.05) is 47.1 Å². The van der Waals surface area contributed by atoms with Crippen molar-refractivity contribution in [1.29, 1.82) is 0 Å². The van der Waals surface area contributed by atoms with Crippen LogP contribution in [0.25, 0.3) is 0 Å². The van der Waals surface area contributed by atoms with Gasteiger partial charge in [0, 0.05) is 24.2 Å². The molecule has 1 aliphatic heterocycles. The number of nitrogens with zero attached hydrogens (tertiary/aromatic N) is 1. The molecule has 0 saturated carbocycles. The molecular weight excluding hydrogens is 392 g/mol. The van der Waals surface area contributed by atoms with E-state index in [-0.39, 0.29) is 11.9 Å². The molecule has 0 amide bonds. The fraction of sp³-hybridized carbons (Fsp3) is 0.182. The zero-order valence-corrected chi connectivity index (χ0v) is 16.7. The summed E-state index contributed by atoms with van der Waals surface area (Å²) in [7, 11) is 0. The summed E-state index contributed by atoms with van der Waals surface area (Å²) in [6.07, 6.45) is 1.74. The number of hydrogen-bond acceptors (Lipinski definition) is 5. The summed E-state index contributed by atoms with van der Waals surface area (Å²) in [6.45, 7) is 0. The second kappa shape index (κ2) is 8.59. The zero-order chi connectivity index (χ0) is 19.3. The highest BCUT2D eigenvalue weighted by molar-refractivity contribution is 7.18. The standard InChI is InChI=1S/C22H19ClN2O2S/c23-22-13-12-21(28-22)20(26)11-10-18-14-19(25-27-18)15-6-8-17(9-7-15)24-16-4-2-1-3-5-16/h1-9,12-13,18,24H,10-11,14H2. The van der Waals surface area contributed by atoms with E-state index in [2.05, 4.69) is 10.5 Å². The maximum Gasteiger partial charge on any atom is 0.172 e. The Labute approximate surface area is 172 Å². The second-order valence-electron chi connectivity index (χ2n) is 6.60. The van der Waals surface area contributed by atoms with Crippen LogP contribution in [0.1, 0.15) is 34.5 Å². The van der Waals surface area contributed by atoms with E-state index in [0.29, 0.717) is 28.5 Å². The molecule has 6 heteroatoms. The molecule has 1 unspecified atom stereocenters. The smallest absolute Gasteiger partial charge is 0.172 e. The van der Waals surface area contributed by atoms with E-state index >= 15 is 0 Å². The Hall–Kier alpha value is -2.63. The van der Waals surface area contributed by atoms with Gasteiger partial charge in [0.2, 0.25) is 0 Å². The average molecular weight is 411 g/mol. The molecule has 1 atom stereocenters. The monoisotopic (exact) mass is 410 g/mol. The average Bonchev–Trinajstić information content (AvgIpc) is 3.37. The van der Waals surface area contributed by atoms with Crippen molar-refractivity contribution < 1.29 is 9.63 Å². The number of hydrogen-bond donors (Lipinski definition) is 1. The third-order valence-corrected chi connectivity index (χ3v) is 5.83. The molecule has 28 heavy (non-hydrogen) atoms. The first kappa shape index (κ1) is 18.7. The molecule has 3 aromatic rings. The summed E-state index contributed by atoms with van der Waals surface area (Å²) < 4.78 is 0.635. The van der Waals surface area contributed by atoms with Gasteiger partial charge in [0.25, 0.3) is 0 Å². The van der Waals surface area contributed by atoms with Crippen LogP contribution in [-0.2, 0) is 4.84 Å². The maximum absolute atomic E-state index is 12.2. The van der Waals surface area contributed by atoms with Crippen LogP contribution in [0.4, 0.5) is 11.4 Å². The van der Waals surface area contributed by atoms with Crippen molar-refractivity contribution in [2.75, 3.05) is 5.32 Å². The van der Waals surface area contributed by atoms with Crippen molar-refractivity contribution in [1.82, 2.24) is 0 Å². The molecule has 4 nitrogen and oxygen atoms in total. The van der Waals surface area contributed by atoms with Crippen molar-refractivity contribution in [3.63, 3.8) is 0 Å². The van der Waals surface area contributed by atoms with E-state index in [9.17, 15) is 4.79 Å².